The van der Waals surface area contributed by atoms with E-state index < -0.39 is 0 Å². The molecule has 0 bridgehead atoms. The molecule has 1 N–H and O–H groups in total. The van der Waals surface area contributed by atoms with Crippen LogP contribution in [0.4, 0.5) is 4.39 Å². The third-order valence-corrected chi connectivity index (χ3v) is 3.36. The van der Waals surface area contributed by atoms with Crippen molar-refractivity contribution in [3.8, 4) is 0 Å². The van der Waals surface area contributed by atoms with Crippen LogP contribution < -0.4 is 5.32 Å². The Morgan fingerprint density at radius 2 is 2.18 bits per heavy atom. The minimum atomic E-state index is -0.192. The number of nitrogens with one attached hydrogen (secondary N) is 1. The van der Waals surface area contributed by atoms with Gasteiger partial charge in [0.1, 0.15) is 5.82 Å². The summed E-state index contributed by atoms with van der Waals surface area (Å²) in [6.45, 7) is 5.95. The molecule has 0 spiro atoms. The van der Waals surface area contributed by atoms with E-state index in [1.54, 1.807) is 12.1 Å². The van der Waals surface area contributed by atoms with Gasteiger partial charge in [0.05, 0.1) is 0 Å². The summed E-state index contributed by atoms with van der Waals surface area (Å²) in [6.07, 6.45) is 2.41. The topological polar surface area (TPSA) is 15.3 Å². The lowest BCUT2D eigenvalue weighted by atomic mass is 10.1. The van der Waals surface area contributed by atoms with E-state index in [0.29, 0.717) is 12.6 Å². The molecule has 1 aromatic rings. The highest BCUT2D eigenvalue weighted by atomic mass is 19.1. The van der Waals surface area contributed by atoms with Gasteiger partial charge in [-0.15, -0.1) is 0 Å². The van der Waals surface area contributed by atoms with Gasteiger partial charge in [0.25, 0.3) is 0 Å². The van der Waals surface area contributed by atoms with Crippen LogP contribution in [0.15, 0.2) is 36.5 Å². The van der Waals surface area contributed by atoms with Crippen molar-refractivity contribution in [3.05, 3.63) is 47.9 Å². The summed E-state index contributed by atoms with van der Waals surface area (Å²) in [6, 6.07) is 7.01. The molecule has 2 nitrogen and oxygen atoms in total. The fourth-order valence-electron chi connectivity index (χ4n) is 2.29. The van der Waals surface area contributed by atoms with Gasteiger partial charge in [-0.25, -0.2) is 4.39 Å². The molecule has 1 fully saturated rings. The van der Waals surface area contributed by atoms with Crippen LogP contribution in [0.25, 0.3) is 0 Å². The van der Waals surface area contributed by atoms with E-state index in [-0.39, 0.29) is 5.82 Å². The third-order valence-electron chi connectivity index (χ3n) is 3.36. The molecule has 1 unspecified atom stereocenters. The summed E-state index contributed by atoms with van der Waals surface area (Å²) in [7, 11) is 2.13. The Morgan fingerprint density at radius 3 is 2.76 bits per heavy atom. The van der Waals surface area contributed by atoms with E-state index in [2.05, 4.69) is 23.8 Å². The second kappa shape index (κ2) is 5.32. The summed E-state index contributed by atoms with van der Waals surface area (Å²) < 4.78 is 12.7. The van der Waals surface area contributed by atoms with Gasteiger partial charge in [0.2, 0.25) is 0 Å². The minimum absolute atomic E-state index is 0.192. The molecule has 17 heavy (non-hydrogen) atoms. The van der Waals surface area contributed by atoms with Gasteiger partial charge < -0.3 is 5.32 Å². The van der Waals surface area contributed by atoms with Gasteiger partial charge in [-0.2, -0.15) is 0 Å². The minimum Gasteiger partial charge on any atom is -0.383 e. The van der Waals surface area contributed by atoms with Crippen molar-refractivity contribution in [2.45, 2.75) is 25.4 Å². The van der Waals surface area contributed by atoms with Gasteiger partial charge in [-0.1, -0.05) is 18.7 Å². The smallest absolute Gasteiger partial charge is 0.123 e. The first-order chi connectivity index (χ1) is 8.16. The predicted octanol–water partition coefficient (Wildman–Crippen LogP) is 2.52. The van der Waals surface area contributed by atoms with Crippen molar-refractivity contribution in [1.29, 1.82) is 0 Å². The fourth-order valence-corrected chi connectivity index (χ4v) is 2.29. The van der Waals surface area contributed by atoms with Crippen LogP contribution in [0.3, 0.4) is 0 Å². The lowest BCUT2D eigenvalue weighted by Gasteiger charge is -2.22. The van der Waals surface area contributed by atoms with Crippen LogP contribution in [-0.2, 0) is 6.54 Å². The molecule has 1 aliphatic rings. The van der Waals surface area contributed by atoms with Gasteiger partial charge >= 0.3 is 0 Å². The molecule has 3 heteroatoms. The Hall–Kier alpha value is -1.35. The lowest BCUT2D eigenvalue weighted by molar-refractivity contribution is 0.334. The first-order valence-corrected chi connectivity index (χ1v) is 6.04. The molecule has 0 saturated carbocycles. The third kappa shape index (κ3) is 3.07. The zero-order valence-electron chi connectivity index (χ0n) is 10.2. The van der Waals surface area contributed by atoms with Crippen molar-refractivity contribution >= 4 is 0 Å². The Bertz CT molecular complexity index is 386. The molecular formula is C14H19FN2. The van der Waals surface area contributed by atoms with Crippen molar-refractivity contribution < 1.29 is 4.39 Å². The Balaban J connectivity index is 1.85. The molecule has 0 amide bonds. The number of benzene rings is 1. The average molecular weight is 234 g/mol. The van der Waals surface area contributed by atoms with E-state index in [1.807, 2.05) is 0 Å². The van der Waals surface area contributed by atoms with E-state index in [4.69, 9.17) is 0 Å². The molecule has 1 aliphatic heterocycles. The van der Waals surface area contributed by atoms with E-state index in [1.165, 1.54) is 25.0 Å². The van der Waals surface area contributed by atoms with Crippen LogP contribution in [0, 0.1) is 5.82 Å². The van der Waals surface area contributed by atoms with Gasteiger partial charge in [-0.3, -0.25) is 4.90 Å². The van der Waals surface area contributed by atoms with E-state index in [0.717, 1.165) is 17.8 Å². The quantitative estimate of drug-likeness (QED) is 0.861. The van der Waals surface area contributed by atoms with Crippen LogP contribution in [0.1, 0.15) is 18.4 Å². The number of hydrogen-bond donors (Lipinski definition) is 1. The number of hydrogen-bond acceptors (Lipinski definition) is 2. The fraction of sp³-hybridized carbons (Fsp3) is 0.429. The van der Waals surface area contributed by atoms with Crippen molar-refractivity contribution in [2.75, 3.05) is 13.6 Å². The number of nitrogens with zero attached hydrogens (tertiary/aromatic N) is 1. The normalized spacial score (nSPS) is 20.5. The first-order valence-electron chi connectivity index (χ1n) is 6.04. The van der Waals surface area contributed by atoms with Crippen molar-refractivity contribution in [3.63, 3.8) is 0 Å². The second-order valence-corrected chi connectivity index (χ2v) is 4.64. The van der Waals surface area contributed by atoms with Crippen molar-refractivity contribution in [2.24, 2.45) is 0 Å². The standard InChI is InChI=1S/C14H19FN2/c1-11(14-4-3-9-17(14)2)16-10-12-5-7-13(15)8-6-12/h5-8,14,16H,1,3-4,9-10H2,2H3. The summed E-state index contributed by atoms with van der Waals surface area (Å²) in [5.41, 5.74) is 2.14. The summed E-state index contributed by atoms with van der Waals surface area (Å²) >= 11 is 0. The maximum Gasteiger partial charge on any atom is 0.123 e. The highest BCUT2D eigenvalue weighted by Crippen LogP contribution is 2.19. The van der Waals surface area contributed by atoms with Gasteiger partial charge in [-0.05, 0) is 44.1 Å². The number of likely N-dealkylation sites (N-methyl/N-ethyl adjacent to an activating group) is 1. The van der Waals surface area contributed by atoms with Crippen molar-refractivity contribution in [1.82, 2.24) is 10.2 Å². The SMILES string of the molecule is C=C(NCc1ccc(F)cc1)C1CCCN1C. The van der Waals surface area contributed by atoms with Crippen LogP contribution in [-0.4, -0.2) is 24.5 Å². The highest BCUT2D eigenvalue weighted by Gasteiger charge is 2.22. The molecule has 0 aromatic heterocycles. The number of likely N-dealkylation sites (tertiary alicyclic amines) is 1. The molecule has 2 rings (SSSR count). The maximum absolute atomic E-state index is 12.7. The van der Waals surface area contributed by atoms with Gasteiger partial charge in [0.15, 0.2) is 0 Å². The second-order valence-electron chi connectivity index (χ2n) is 4.64. The molecule has 1 atom stereocenters. The Morgan fingerprint density at radius 1 is 1.47 bits per heavy atom. The van der Waals surface area contributed by atoms with E-state index in [9.17, 15) is 4.39 Å². The summed E-state index contributed by atoms with van der Waals surface area (Å²) in [4.78, 5) is 2.32. The summed E-state index contributed by atoms with van der Waals surface area (Å²) in [5, 5.41) is 3.33. The molecular weight excluding hydrogens is 215 g/mol. The number of halogens is 1. The molecule has 0 radical (unpaired) electrons. The predicted molar refractivity (Wildman–Crippen MR) is 68.0 cm³/mol. The van der Waals surface area contributed by atoms with E-state index >= 15 is 0 Å². The molecule has 92 valence electrons. The molecule has 1 heterocycles. The monoisotopic (exact) mass is 234 g/mol. The molecule has 0 aliphatic carbocycles. The van der Waals surface area contributed by atoms with Crippen LogP contribution in [0.5, 0.6) is 0 Å². The zero-order valence-corrected chi connectivity index (χ0v) is 10.2. The molecule has 1 aromatic carbocycles. The molecule has 1 saturated heterocycles. The Kier molecular flexibility index (Phi) is 3.79. The highest BCUT2D eigenvalue weighted by molar-refractivity contribution is 5.17. The number of rotatable bonds is 4. The maximum atomic E-state index is 12.7. The average Bonchev–Trinajstić information content (AvgIpc) is 2.74. The van der Waals surface area contributed by atoms with Crippen LogP contribution >= 0.6 is 0 Å². The lowest BCUT2D eigenvalue weighted by Crippen LogP contribution is -2.32. The summed E-state index contributed by atoms with van der Waals surface area (Å²) in [5.74, 6) is -0.192. The van der Waals surface area contributed by atoms with Gasteiger partial charge in [0, 0.05) is 18.3 Å². The van der Waals surface area contributed by atoms with Crippen LogP contribution in [0.2, 0.25) is 0 Å². The zero-order chi connectivity index (χ0) is 12.3. The first kappa shape index (κ1) is 12.1. The largest absolute Gasteiger partial charge is 0.383 e. The Labute approximate surface area is 102 Å².